The molecule has 2 aromatic carbocycles. The van der Waals surface area contributed by atoms with Gasteiger partial charge in [-0.3, -0.25) is 4.79 Å². The van der Waals surface area contributed by atoms with Crippen molar-refractivity contribution >= 4 is 22.6 Å². The highest BCUT2D eigenvalue weighted by atomic mass is 16.5. The maximum Gasteiger partial charge on any atom is 0.339 e. The van der Waals surface area contributed by atoms with E-state index in [0.717, 1.165) is 30.2 Å². The SMILES string of the molecule is COc1ccc(C(=O)OCC(=O)N2CCC[C@@H]3CCCC[C@@H]32)c2ccccc12. The summed E-state index contributed by atoms with van der Waals surface area (Å²) in [6.07, 6.45) is 7.00. The molecule has 0 bridgehead atoms. The molecular formula is C23H27NO4. The molecule has 0 aromatic heterocycles. The summed E-state index contributed by atoms with van der Waals surface area (Å²) in [5, 5.41) is 1.62. The number of amides is 1. The average molecular weight is 381 g/mol. The first kappa shape index (κ1) is 18.8. The van der Waals surface area contributed by atoms with E-state index >= 15 is 0 Å². The Morgan fingerprint density at radius 3 is 2.57 bits per heavy atom. The van der Waals surface area contributed by atoms with Crippen LogP contribution in [0.2, 0.25) is 0 Å². The van der Waals surface area contributed by atoms with Gasteiger partial charge in [-0.25, -0.2) is 4.79 Å². The highest BCUT2D eigenvalue weighted by Crippen LogP contribution is 2.35. The molecule has 1 aliphatic carbocycles. The first-order valence-corrected chi connectivity index (χ1v) is 10.2. The molecule has 0 N–H and O–H groups in total. The number of ether oxygens (including phenoxy) is 2. The minimum absolute atomic E-state index is 0.0669. The molecule has 148 valence electrons. The van der Waals surface area contributed by atoms with Crippen molar-refractivity contribution in [1.29, 1.82) is 0 Å². The van der Waals surface area contributed by atoms with Crippen LogP contribution in [0.1, 0.15) is 48.9 Å². The monoisotopic (exact) mass is 381 g/mol. The van der Waals surface area contributed by atoms with E-state index in [0.29, 0.717) is 23.3 Å². The van der Waals surface area contributed by atoms with Crippen molar-refractivity contribution in [2.75, 3.05) is 20.3 Å². The van der Waals surface area contributed by atoms with E-state index in [1.54, 1.807) is 19.2 Å². The number of nitrogens with zero attached hydrogens (tertiary/aromatic N) is 1. The Morgan fingerprint density at radius 2 is 1.75 bits per heavy atom. The van der Waals surface area contributed by atoms with Gasteiger partial charge in [0.1, 0.15) is 5.75 Å². The quantitative estimate of drug-likeness (QED) is 0.746. The Kier molecular flexibility index (Phi) is 5.51. The van der Waals surface area contributed by atoms with Crippen molar-refractivity contribution in [3.05, 3.63) is 42.0 Å². The first-order valence-electron chi connectivity index (χ1n) is 10.2. The molecule has 0 spiro atoms. The number of piperidine rings is 1. The number of likely N-dealkylation sites (tertiary alicyclic amines) is 1. The van der Waals surface area contributed by atoms with Crippen molar-refractivity contribution in [3.8, 4) is 5.75 Å². The van der Waals surface area contributed by atoms with E-state index in [2.05, 4.69) is 0 Å². The molecule has 1 heterocycles. The van der Waals surface area contributed by atoms with Crippen molar-refractivity contribution in [2.45, 2.75) is 44.6 Å². The molecule has 0 unspecified atom stereocenters. The molecule has 2 atom stereocenters. The van der Waals surface area contributed by atoms with Crippen LogP contribution in [-0.4, -0.2) is 43.1 Å². The lowest BCUT2D eigenvalue weighted by molar-refractivity contribution is -0.140. The highest BCUT2D eigenvalue weighted by Gasteiger charge is 2.35. The largest absolute Gasteiger partial charge is 0.496 e. The van der Waals surface area contributed by atoms with Crippen molar-refractivity contribution in [3.63, 3.8) is 0 Å². The number of benzene rings is 2. The summed E-state index contributed by atoms with van der Waals surface area (Å²) < 4.78 is 10.8. The van der Waals surface area contributed by atoms with Crippen LogP contribution < -0.4 is 4.74 Å². The molecule has 4 rings (SSSR count). The van der Waals surface area contributed by atoms with Gasteiger partial charge in [-0.15, -0.1) is 0 Å². The molecule has 5 nitrogen and oxygen atoms in total. The third-order valence-corrected chi connectivity index (χ3v) is 6.21. The minimum atomic E-state index is -0.468. The van der Waals surface area contributed by atoms with Gasteiger partial charge in [0.2, 0.25) is 0 Å². The summed E-state index contributed by atoms with van der Waals surface area (Å²) in [5.74, 6) is 0.791. The smallest absolute Gasteiger partial charge is 0.339 e. The minimum Gasteiger partial charge on any atom is -0.496 e. The molecule has 1 aliphatic heterocycles. The number of hydrogen-bond acceptors (Lipinski definition) is 4. The lowest BCUT2D eigenvalue weighted by atomic mass is 9.78. The second-order valence-corrected chi connectivity index (χ2v) is 7.78. The Bertz CT molecular complexity index is 876. The Labute approximate surface area is 165 Å². The fraction of sp³-hybridized carbons (Fsp3) is 0.478. The number of hydrogen-bond donors (Lipinski definition) is 0. The molecule has 1 amide bonds. The second-order valence-electron chi connectivity index (χ2n) is 7.78. The Balaban J connectivity index is 1.46. The summed E-state index contributed by atoms with van der Waals surface area (Å²) in [6.45, 7) is 0.589. The second kappa shape index (κ2) is 8.21. The lowest BCUT2D eigenvalue weighted by Crippen LogP contribution is -2.50. The van der Waals surface area contributed by atoms with Gasteiger partial charge in [0.25, 0.3) is 5.91 Å². The van der Waals surface area contributed by atoms with Crippen LogP contribution in [0.15, 0.2) is 36.4 Å². The van der Waals surface area contributed by atoms with Crippen LogP contribution in [0.4, 0.5) is 0 Å². The maximum atomic E-state index is 12.8. The van der Waals surface area contributed by atoms with Gasteiger partial charge in [0.05, 0.1) is 12.7 Å². The predicted molar refractivity (Wildman–Crippen MR) is 107 cm³/mol. The van der Waals surface area contributed by atoms with E-state index in [1.165, 1.54) is 25.7 Å². The summed E-state index contributed by atoms with van der Waals surface area (Å²) >= 11 is 0. The van der Waals surface area contributed by atoms with Crippen molar-refractivity contribution < 1.29 is 19.1 Å². The molecule has 1 saturated carbocycles. The Morgan fingerprint density at radius 1 is 1.00 bits per heavy atom. The molecule has 2 aliphatic rings. The normalized spacial score (nSPS) is 21.8. The van der Waals surface area contributed by atoms with Crippen molar-refractivity contribution in [1.82, 2.24) is 4.90 Å². The number of rotatable bonds is 4. The van der Waals surface area contributed by atoms with Gasteiger partial charge in [-0.05, 0) is 49.1 Å². The number of esters is 1. The zero-order valence-electron chi connectivity index (χ0n) is 16.4. The number of carbonyl (C=O) groups is 2. The van der Waals surface area contributed by atoms with Gasteiger partial charge in [-0.2, -0.15) is 0 Å². The number of carbonyl (C=O) groups excluding carboxylic acids is 2. The standard InChI is InChI=1S/C23H27NO4/c1-27-21-13-12-19(17-9-3-4-10-18(17)21)23(26)28-15-22(25)24-14-6-8-16-7-2-5-11-20(16)24/h3-4,9-10,12-13,16,20H,2,5-8,11,14-15H2,1H3/t16-,20-/m0/s1. The molecular weight excluding hydrogens is 354 g/mol. The van der Waals surface area contributed by atoms with Crippen LogP contribution in [0.25, 0.3) is 10.8 Å². The summed E-state index contributed by atoms with van der Waals surface area (Å²) in [5.41, 5.74) is 0.457. The average Bonchev–Trinajstić information content (AvgIpc) is 2.76. The lowest BCUT2D eigenvalue weighted by Gasteiger charge is -2.44. The third kappa shape index (κ3) is 3.58. The van der Waals surface area contributed by atoms with Crippen LogP contribution in [0, 0.1) is 5.92 Å². The fourth-order valence-electron chi connectivity index (χ4n) is 4.85. The van der Waals surface area contributed by atoms with E-state index in [-0.39, 0.29) is 12.5 Å². The van der Waals surface area contributed by atoms with Gasteiger partial charge < -0.3 is 14.4 Å². The molecule has 2 aromatic rings. The molecule has 0 radical (unpaired) electrons. The maximum absolute atomic E-state index is 12.8. The number of fused-ring (bicyclic) bond motifs is 2. The zero-order valence-corrected chi connectivity index (χ0v) is 16.4. The summed E-state index contributed by atoms with van der Waals surface area (Å²) in [4.78, 5) is 27.4. The van der Waals surface area contributed by atoms with E-state index in [4.69, 9.17) is 9.47 Å². The molecule has 5 heteroatoms. The van der Waals surface area contributed by atoms with Crippen LogP contribution in [0.5, 0.6) is 5.75 Å². The van der Waals surface area contributed by atoms with Gasteiger partial charge >= 0.3 is 5.97 Å². The topological polar surface area (TPSA) is 55.8 Å². The van der Waals surface area contributed by atoms with E-state index in [1.807, 2.05) is 29.2 Å². The number of methoxy groups -OCH3 is 1. The summed E-state index contributed by atoms with van der Waals surface area (Å²) in [6, 6.07) is 11.3. The van der Waals surface area contributed by atoms with Gasteiger partial charge in [0, 0.05) is 18.0 Å². The molecule has 1 saturated heterocycles. The third-order valence-electron chi connectivity index (χ3n) is 6.21. The first-order chi connectivity index (χ1) is 13.7. The Hall–Kier alpha value is -2.56. The van der Waals surface area contributed by atoms with Crippen LogP contribution in [-0.2, 0) is 9.53 Å². The summed E-state index contributed by atoms with van der Waals surface area (Å²) in [7, 11) is 1.61. The van der Waals surface area contributed by atoms with Crippen LogP contribution in [0.3, 0.4) is 0 Å². The predicted octanol–water partition coefficient (Wildman–Crippen LogP) is 4.19. The molecule has 28 heavy (non-hydrogen) atoms. The fourth-order valence-corrected chi connectivity index (χ4v) is 4.85. The van der Waals surface area contributed by atoms with E-state index < -0.39 is 5.97 Å². The molecule has 2 fully saturated rings. The van der Waals surface area contributed by atoms with Crippen LogP contribution >= 0.6 is 0 Å². The van der Waals surface area contributed by atoms with Gasteiger partial charge in [0.15, 0.2) is 6.61 Å². The van der Waals surface area contributed by atoms with Gasteiger partial charge in [-0.1, -0.05) is 37.1 Å². The van der Waals surface area contributed by atoms with E-state index in [9.17, 15) is 9.59 Å². The zero-order chi connectivity index (χ0) is 19.5. The highest BCUT2D eigenvalue weighted by molar-refractivity contribution is 6.06. The van der Waals surface area contributed by atoms with Crippen molar-refractivity contribution in [2.24, 2.45) is 5.92 Å².